The van der Waals surface area contributed by atoms with Crippen LogP contribution in [0.2, 0.25) is 0 Å². The van der Waals surface area contributed by atoms with Crippen LogP contribution in [-0.2, 0) is 41.6 Å². The minimum atomic E-state index is -0.892. The van der Waals surface area contributed by atoms with Crippen LogP contribution in [0.3, 0.4) is 0 Å². The van der Waals surface area contributed by atoms with E-state index in [9.17, 15) is 38.4 Å². The van der Waals surface area contributed by atoms with Gasteiger partial charge < -0.3 is 52.3 Å². The Bertz CT molecular complexity index is 2880. The third kappa shape index (κ3) is 13.7. The normalized spacial score (nSPS) is 24.1. The van der Waals surface area contributed by atoms with Crippen molar-refractivity contribution in [3.63, 3.8) is 0 Å². The molecule has 18 heteroatoms. The Labute approximate surface area is 493 Å². The molecular weight excluding hydrogens is 1060 g/mol. The van der Waals surface area contributed by atoms with E-state index in [1.165, 1.54) is 11.1 Å². The second-order valence-electron chi connectivity index (χ2n) is 24.7. The minimum absolute atomic E-state index is 0.0810. The first-order chi connectivity index (χ1) is 40.7. The van der Waals surface area contributed by atoms with E-state index in [-0.39, 0.29) is 97.1 Å². The van der Waals surface area contributed by atoms with Crippen LogP contribution in [0.4, 0.5) is 0 Å². The summed E-state index contributed by atoms with van der Waals surface area (Å²) in [5, 5.41) is 26.4. The lowest BCUT2D eigenvalue weighted by Crippen LogP contribution is -2.58. The predicted octanol–water partition coefficient (Wildman–Crippen LogP) is 5.97. The third-order valence-corrected chi connectivity index (χ3v) is 19.2. The number of nitrogens with one attached hydrogen (secondary N) is 8. The van der Waals surface area contributed by atoms with Crippen molar-refractivity contribution in [1.29, 1.82) is 0 Å². The van der Waals surface area contributed by atoms with E-state index in [0.29, 0.717) is 21.9 Å². The Morgan fingerprint density at radius 1 is 0.464 bits per heavy atom. The van der Waals surface area contributed by atoms with Crippen molar-refractivity contribution in [3.8, 4) is 0 Å². The van der Waals surface area contributed by atoms with E-state index < -0.39 is 48.3 Å². The first kappa shape index (κ1) is 60.0. The summed E-state index contributed by atoms with van der Waals surface area (Å²) in [7, 11) is 3.39. The number of likely N-dealkylation sites (tertiary alicyclic amines) is 2. The van der Waals surface area contributed by atoms with Crippen LogP contribution in [0.25, 0.3) is 10.8 Å². The number of amides is 8. The number of likely N-dealkylation sites (N-methyl/N-ethyl adjacent to an activating group) is 2. The summed E-state index contributed by atoms with van der Waals surface area (Å²) in [6.07, 6.45) is 14.6. The molecule has 2 heterocycles. The molecule has 8 N–H and O–H groups in total. The molecule has 4 aromatic carbocycles. The number of nitrogens with zero attached hydrogens (tertiary/aromatic N) is 2. The van der Waals surface area contributed by atoms with Gasteiger partial charge >= 0.3 is 0 Å². The summed E-state index contributed by atoms with van der Waals surface area (Å²) in [5.41, 5.74) is 5.24. The molecule has 0 spiro atoms. The van der Waals surface area contributed by atoms with Crippen molar-refractivity contribution in [2.45, 2.75) is 190 Å². The molecule has 4 aliphatic carbocycles. The maximum atomic E-state index is 15.0. The maximum Gasteiger partial charge on any atom is 0.251 e. The highest BCUT2D eigenvalue weighted by Gasteiger charge is 2.47. The first-order valence-electron chi connectivity index (χ1n) is 31.2. The third-order valence-electron chi connectivity index (χ3n) is 19.2. The van der Waals surface area contributed by atoms with Crippen molar-refractivity contribution in [2.75, 3.05) is 27.2 Å². The summed E-state index contributed by atoms with van der Waals surface area (Å²) in [4.78, 5) is 118. The number of hydrogen-bond donors (Lipinski definition) is 8. The summed E-state index contributed by atoms with van der Waals surface area (Å²) in [5.74, 6) is -2.76. The summed E-state index contributed by atoms with van der Waals surface area (Å²) >= 11 is 0. The molecular formula is C66H86N10O8. The molecule has 6 aliphatic rings. The van der Waals surface area contributed by atoms with Gasteiger partial charge in [0.1, 0.15) is 24.2 Å². The fourth-order valence-corrected chi connectivity index (χ4v) is 14.1. The van der Waals surface area contributed by atoms with Crippen molar-refractivity contribution >= 4 is 58.0 Å². The van der Waals surface area contributed by atoms with Crippen LogP contribution in [0.15, 0.2) is 84.9 Å². The molecule has 84 heavy (non-hydrogen) atoms. The zero-order chi connectivity index (χ0) is 59.0. The lowest BCUT2D eigenvalue weighted by atomic mass is 9.83. The molecule has 10 rings (SSSR count). The smallest absolute Gasteiger partial charge is 0.251 e. The zero-order valence-electron chi connectivity index (χ0n) is 49.3. The summed E-state index contributed by atoms with van der Waals surface area (Å²) < 4.78 is 0. The SMILES string of the molecule is CN[C@@H](C)C(=O)N[C@H](C(=O)N1C[C@@H](NC(=O)c2ccc3cc(C(=O)N[C@H]4C[C@@H](C(=O)N[C@@H]5CCCc6ccccc65)N(C(=O)[C@@H](NC(=O)[C@H](C)NC)C5CCCCC5)C4)ccc3c2)C[C@H]1C(=O)N[C@@H]1CCCc2ccccc21)C1CCCCC1. The number of hydrogen-bond acceptors (Lipinski definition) is 10. The molecule has 2 saturated carbocycles. The first-order valence-corrected chi connectivity index (χ1v) is 31.2. The fourth-order valence-electron chi connectivity index (χ4n) is 14.1. The lowest BCUT2D eigenvalue weighted by Gasteiger charge is -2.35. The number of rotatable bonds is 18. The number of aryl methyl sites for hydroxylation is 2. The second-order valence-corrected chi connectivity index (χ2v) is 24.7. The maximum absolute atomic E-state index is 15.0. The summed E-state index contributed by atoms with van der Waals surface area (Å²) in [6.45, 7) is 3.65. The highest BCUT2D eigenvalue weighted by atomic mass is 16.2. The minimum Gasteiger partial charge on any atom is -0.347 e. The largest absolute Gasteiger partial charge is 0.347 e. The number of benzene rings is 4. The molecule has 8 amide bonds. The summed E-state index contributed by atoms with van der Waals surface area (Å²) in [6, 6.07) is 20.6. The highest BCUT2D eigenvalue weighted by Crippen LogP contribution is 2.35. The molecule has 2 aliphatic heterocycles. The topological polar surface area (TPSA) is 239 Å². The average Bonchev–Trinajstić information content (AvgIpc) is 4.34. The van der Waals surface area contributed by atoms with E-state index in [1.54, 1.807) is 74.1 Å². The van der Waals surface area contributed by atoms with E-state index in [0.717, 1.165) is 114 Å². The standard InChI is InChI=1S/C66H86N10O8/c1-39(67-3)59(77)73-57(43-19-7-5-8-20-43)65(83)75-37-49(35-55(75)63(81)71-53-27-15-23-41-17-11-13-25-51(41)53)69-61(79)47-31-29-46-34-48(32-30-45(46)33-47)62(80)70-50-36-56(64(82)72-54-28-16-24-42-18-12-14-26-52(42)54)76(38-50)66(84)58(44-21-9-6-10-22-44)74-60(78)40(2)68-4/h11-14,17-18,25-26,29-34,39-40,43-44,49-50,53-58,67-68H,5-10,15-16,19-24,27-28,35-38H2,1-4H3,(H,69,79)(H,70,80)(H,71,81)(H,72,82)(H,73,77)(H,74,78)/t39-,40-,49-,50-,53+,54+,55-,56-,57-,58-/m0/s1. The van der Waals surface area contributed by atoms with E-state index in [4.69, 9.17) is 0 Å². The van der Waals surface area contributed by atoms with Gasteiger partial charge in [-0.2, -0.15) is 0 Å². The van der Waals surface area contributed by atoms with Gasteiger partial charge in [0.15, 0.2) is 0 Å². The van der Waals surface area contributed by atoms with Gasteiger partial charge in [-0.3, -0.25) is 38.4 Å². The molecule has 4 fully saturated rings. The van der Waals surface area contributed by atoms with Crippen LogP contribution < -0.4 is 42.5 Å². The molecule has 0 radical (unpaired) electrons. The number of carbonyl (C=O) groups excluding carboxylic acids is 8. The number of fused-ring (bicyclic) bond motifs is 3. The quantitative estimate of drug-likeness (QED) is 0.0581. The van der Waals surface area contributed by atoms with Crippen molar-refractivity contribution in [1.82, 2.24) is 52.3 Å². The number of carbonyl (C=O) groups is 8. The highest BCUT2D eigenvalue weighted by molar-refractivity contribution is 6.03. The van der Waals surface area contributed by atoms with Gasteiger partial charge in [-0.15, -0.1) is 0 Å². The van der Waals surface area contributed by atoms with Crippen molar-refractivity contribution < 1.29 is 38.4 Å². The molecule has 2 saturated heterocycles. The van der Waals surface area contributed by atoms with E-state index in [2.05, 4.69) is 54.7 Å². The fraction of sp³-hybridized carbons (Fsp3) is 0.545. The Balaban J connectivity index is 0.842. The van der Waals surface area contributed by atoms with Gasteiger partial charge in [0.25, 0.3) is 11.8 Å². The molecule has 448 valence electrons. The van der Waals surface area contributed by atoms with Gasteiger partial charge in [-0.25, -0.2) is 0 Å². The predicted molar refractivity (Wildman–Crippen MR) is 321 cm³/mol. The van der Waals surface area contributed by atoms with Gasteiger partial charge in [0.05, 0.1) is 24.2 Å². The molecule has 4 aromatic rings. The van der Waals surface area contributed by atoms with Crippen LogP contribution in [0.1, 0.15) is 172 Å². The van der Waals surface area contributed by atoms with Crippen molar-refractivity contribution in [3.05, 3.63) is 118 Å². The van der Waals surface area contributed by atoms with E-state index in [1.807, 2.05) is 36.4 Å². The Morgan fingerprint density at radius 2 is 0.857 bits per heavy atom. The van der Waals surface area contributed by atoms with Crippen molar-refractivity contribution in [2.24, 2.45) is 11.8 Å². The molecule has 0 aromatic heterocycles. The van der Waals surface area contributed by atoms with Crippen LogP contribution in [-0.4, -0.2) is 133 Å². The Morgan fingerprint density at radius 3 is 1.25 bits per heavy atom. The molecule has 10 atom stereocenters. The zero-order valence-corrected chi connectivity index (χ0v) is 49.3. The van der Waals surface area contributed by atoms with Crippen LogP contribution in [0.5, 0.6) is 0 Å². The van der Waals surface area contributed by atoms with Gasteiger partial charge in [-0.1, -0.05) is 99.2 Å². The Kier molecular flexibility index (Phi) is 19.4. The second kappa shape index (κ2) is 27.2. The lowest BCUT2D eigenvalue weighted by molar-refractivity contribution is -0.143. The van der Waals surface area contributed by atoms with Gasteiger partial charge in [0, 0.05) is 36.3 Å². The van der Waals surface area contributed by atoms with Gasteiger partial charge in [0.2, 0.25) is 35.4 Å². The van der Waals surface area contributed by atoms with Crippen LogP contribution in [0, 0.1) is 11.8 Å². The molecule has 18 nitrogen and oxygen atoms in total. The van der Waals surface area contributed by atoms with E-state index >= 15 is 0 Å². The Hall–Kier alpha value is -7.18. The monoisotopic (exact) mass is 1150 g/mol. The molecule has 0 bridgehead atoms. The van der Waals surface area contributed by atoms with Gasteiger partial charge in [-0.05, 0) is 174 Å². The molecule has 0 unspecified atom stereocenters. The average molecular weight is 1150 g/mol. The van der Waals surface area contributed by atoms with Crippen LogP contribution >= 0.6 is 0 Å².